The highest BCUT2D eigenvalue weighted by molar-refractivity contribution is 5.34. The molecule has 0 heterocycles. The molecule has 0 radical (unpaired) electrons. The van der Waals surface area contributed by atoms with Crippen LogP contribution in [0.25, 0.3) is 0 Å². The van der Waals surface area contributed by atoms with Crippen LogP contribution < -0.4 is 10.1 Å². The monoisotopic (exact) mass is 259 g/mol. The van der Waals surface area contributed by atoms with E-state index in [1.807, 2.05) is 25.2 Å². The molecule has 0 saturated carbocycles. The van der Waals surface area contributed by atoms with Crippen LogP contribution in [-0.2, 0) is 13.2 Å². The normalized spacial score (nSPS) is 10.5. The molecule has 3 heteroatoms. The standard InChI is InChI=1S/C16H18FNO/c1-12-5-3-4-6-13(12)11-19-16-8-7-15(17)9-14(16)10-18-2/h3-9,18H,10-11H2,1-2H3. The summed E-state index contributed by atoms with van der Waals surface area (Å²) >= 11 is 0. The van der Waals surface area contributed by atoms with Gasteiger partial charge in [0.15, 0.2) is 0 Å². The minimum Gasteiger partial charge on any atom is -0.489 e. The van der Waals surface area contributed by atoms with E-state index >= 15 is 0 Å². The zero-order chi connectivity index (χ0) is 13.7. The molecular weight excluding hydrogens is 241 g/mol. The predicted molar refractivity (Wildman–Crippen MR) is 74.7 cm³/mol. The first-order valence-electron chi connectivity index (χ1n) is 6.31. The SMILES string of the molecule is CNCc1cc(F)ccc1OCc1ccccc1C. The van der Waals surface area contributed by atoms with Crippen molar-refractivity contribution in [2.75, 3.05) is 7.05 Å². The second kappa shape index (κ2) is 6.34. The predicted octanol–water partition coefficient (Wildman–Crippen LogP) is 3.43. The summed E-state index contributed by atoms with van der Waals surface area (Å²) in [5.41, 5.74) is 3.16. The van der Waals surface area contributed by atoms with Gasteiger partial charge in [-0.1, -0.05) is 24.3 Å². The minimum atomic E-state index is -0.242. The van der Waals surface area contributed by atoms with Crippen molar-refractivity contribution in [3.05, 3.63) is 65.0 Å². The van der Waals surface area contributed by atoms with Gasteiger partial charge in [0.25, 0.3) is 0 Å². The molecule has 0 spiro atoms. The topological polar surface area (TPSA) is 21.3 Å². The van der Waals surface area contributed by atoms with Gasteiger partial charge in [-0.3, -0.25) is 0 Å². The van der Waals surface area contributed by atoms with E-state index in [0.29, 0.717) is 13.2 Å². The summed E-state index contributed by atoms with van der Waals surface area (Å²) < 4.78 is 19.0. The van der Waals surface area contributed by atoms with Gasteiger partial charge in [0, 0.05) is 12.1 Å². The zero-order valence-corrected chi connectivity index (χ0v) is 11.2. The number of aryl methyl sites for hydroxylation is 1. The van der Waals surface area contributed by atoms with Crippen molar-refractivity contribution in [1.82, 2.24) is 5.32 Å². The van der Waals surface area contributed by atoms with Gasteiger partial charge in [-0.2, -0.15) is 0 Å². The molecule has 0 aliphatic carbocycles. The smallest absolute Gasteiger partial charge is 0.124 e. The van der Waals surface area contributed by atoms with E-state index in [0.717, 1.165) is 16.9 Å². The molecule has 0 bridgehead atoms. The molecule has 0 amide bonds. The van der Waals surface area contributed by atoms with Crippen molar-refractivity contribution in [3.63, 3.8) is 0 Å². The van der Waals surface area contributed by atoms with Crippen LogP contribution in [0.2, 0.25) is 0 Å². The van der Waals surface area contributed by atoms with Crippen LogP contribution in [0.1, 0.15) is 16.7 Å². The van der Waals surface area contributed by atoms with Crippen molar-refractivity contribution < 1.29 is 9.13 Å². The van der Waals surface area contributed by atoms with Gasteiger partial charge in [0.05, 0.1) is 0 Å². The molecule has 0 saturated heterocycles. The Bertz CT molecular complexity index is 554. The quantitative estimate of drug-likeness (QED) is 0.888. The Kier molecular flexibility index (Phi) is 4.53. The van der Waals surface area contributed by atoms with E-state index in [2.05, 4.69) is 18.3 Å². The number of hydrogen-bond acceptors (Lipinski definition) is 2. The van der Waals surface area contributed by atoms with Crippen LogP contribution in [0.4, 0.5) is 4.39 Å². The Balaban J connectivity index is 2.13. The number of hydrogen-bond donors (Lipinski definition) is 1. The molecule has 0 unspecified atom stereocenters. The van der Waals surface area contributed by atoms with Crippen molar-refractivity contribution in [3.8, 4) is 5.75 Å². The van der Waals surface area contributed by atoms with Crippen LogP contribution in [0.5, 0.6) is 5.75 Å². The first kappa shape index (κ1) is 13.6. The van der Waals surface area contributed by atoms with Crippen LogP contribution in [0, 0.1) is 12.7 Å². The van der Waals surface area contributed by atoms with E-state index in [4.69, 9.17) is 4.74 Å². The second-order valence-electron chi connectivity index (χ2n) is 4.50. The van der Waals surface area contributed by atoms with Gasteiger partial charge in [-0.05, 0) is 43.3 Å². The molecule has 1 N–H and O–H groups in total. The molecule has 0 aliphatic heterocycles. The lowest BCUT2D eigenvalue weighted by molar-refractivity contribution is 0.301. The molecule has 2 rings (SSSR count). The maximum Gasteiger partial charge on any atom is 0.124 e. The molecule has 100 valence electrons. The maximum atomic E-state index is 13.2. The number of rotatable bonds is 5. The first-order chi connectivity index (χ1) is 9.20. The highest BCUT2D eigenvalue weighted by Crippen LogP contribution is 2.21. The van der Waals surface area contributed by atoms with Gasteiger partial charge in [0.2, 0.25) is 0 Å². The summed E-state index contributed by atoms with van der Waals surface area (Å²) in [6.07, 6.45) is 0. The van der Waals surface area contributed by atoms with E-state index in [1.165, 1.54) is 17.7 Å². The molecule has 2 aromatic carbocycles. The Labute approximate surface area is 113 Å². The second-order valence-corrected chi connectivity index (χ2v) is 4.50. The van der Waals surface area contributed by atoms with Gasteiger partial charge in [-0.25, -0.2) is 4.39 Å². The summed E-state index contributed by atoms with van der Waals surface area (Å²) in [6.45, 7) is 3.13. The van der Waals surface area contributed by atoms with Crippen LogP contribution in [-0.4, -0.2) is 7.05 Å². The largest absolute Gasteiger partial charge is 0.489 e. The average molecular weight is 259 g/mol. The molecule has 19 heavy (non-hydrogen) atoms. The molecule has 2 nitrogen and oxygen atoms in total. The molecule has 0 aliphatic rings. The summed E-state index contributed by atoms with van der Waals surface area (Å²) in [6, 6.07) is 12.7. The lowest BCUT2D eigenvalue weighted by atomic mass is 10.1. The Morgan fingerprint density at radius 1 is 1.11 bits per heavy atom. The fourth-order valence-corrected chi connectivity index (χ4v) is 1.94. The van der Waals surface area contributed by atoms with Crippen molar-refractivity contribution in [1.29, 1.82) is 0 Å². The first-order valence-corrected chi connectivity index (χ1v) is 6.31. The van der Waals surface area contributed by atoms with Gasteiger partial charge in [0.1, 0.15) is 18.2 Å². The average Bonchev–Trinajstić information content (AvgIpc) is 2.40. The summed E-state index contributed by atoms with van der Waals surface area (Å²) in [5, 5.41) is 3.01. The number of benzene rings is 2. The Hall–Kier alpha value is -1.87. The minimum absolute atomic E-state index is 0.242. The van der Waals surface area contributed by atoms with E-state index < -0.39 is 0 Å². The third kappa shape index (κ3) is 3.55. The van der Waals surface area contributed by atoms with Crippen molar-refractivity contribution in [2.45, 2.75) is 20.1 Å². The van der Waals surface area contributed by atoms with Crippen LogP contribution >= 0.6 is 0 Å². The van der Waals surface area contributed by atoms with Crippen LogP contribution in [0.3, 0.4) is 0 Å². The third-order valence-corrected chi connectivity index (χ3v) is 3.03. The molecular formula is C16H18FNO. The number of halogens is 1. The van der Waals surface area contributed by atoms with Gasteiger partial charge < -0.3 is 10.1 Å². The molecule has 0 atom stereocenters. The highest BCUT2D eigenvalue weighted by Gasteiger charge is 2.06. The zero-order valence-electron chi connectivity index (χ0n) is 11.2. The highest BCUT2D eigenvalue weighted by atomic mass is 19.1. The third-order valence-electron chi connectivity index (χ3n) is 3.03. The molecule has 0 aromatic heterocycles. The summed E-state index contributed by atoms with van der Waals surface area (Å²) in [5.74, 6) is 0.479. The van der Waals surface area contributed by atoms with Crippen molar-refractivity contribution >= 4 is 0 Å². The van der Waals surface area contributed by atoms with E-state index in [1.54, 1.807) is 6.07 Å². The number of nitrogens with one attached hydrogen (secondary N) is 1. The fourth-order valence-electron chi connectivity index (χ4n) is 1.94. The van der Waals surface area contributed by atoms with Crippen molar-refractivity contribution in [2.24, 2.45) is 0 Å². The number of ether oxygens (including phenoxy) is 1. The fraction of sp³-hybridized carbons (Fsp3) is 0.250. The van der Waals surface area contributed by atoms with Gasteiger partial charge in [-0.15, -0.1) is 0 Å². The van der Waals surface area contributed by atoms with E-state index in [-0.39, 0.29) is 5.82 Å². The Morgan fingerprint density at radius 3 is 2.63 bits per heavy atom. The lowest BCUT2D eigenvalue weighted by Crippen LogP contribution is -2.08. The Morgan fingerprint density at radius 2 is 1.89 bits per heavy atom. The summed E-state index contributed by atoms with van der Waals surface area (Å²) in [4.78, 5) is 0. The lowest BCUT2D eigenvalue weighted by Gasteiger charge is -2.12. The van der Waals surface area contributed by atoms with E-state index in [9.17, 15) is 4.39 Å². The molecule has 0 fully saturated rings. The van der Waals surface area contributed by atoms with Crippen LogP contribution in [0.15, 0.2) is 42.5 Å². The maximum absolute atomic E-state index is 13.2. The summed E-state index contributed by atoms with van der Waals surface area (Å²) in [7, 11) is 1.83. The molecule has 2 aromatic rings. The van der Waals surface area contributed by atoms with Gasteiger partial charge >= 0.3 is 0 Å².